The molecule has 1 fully saturated rings. The highest BCUT2D eigenvalue weighted by molar-refractivity contribution is 5.98. The van der Waals surface area contributed by atoms with Crippen molar-refractivity contribution in [1.29, 1.82) is 0 Å². The second-order valence-corrected chi connectivity index (χ2v) is 6.09. The summed E-state index contributed by atoms with van der Waals surface area (Å²) in [6.45, 7) is 3.11. The molecule has 1 aromatic carbocycles. The quantitative estimate of drug-likeness (QED) is 0.627. The number of likely N-dealkylation sites (N-methyl/N-ethyl adjacent to an activating group) is 1. The van der Waals surface area contributed by atoms with Gasteiger partial charge in [0.15, 0.2) is 0 Å². The fourth-order valence-corrected chi connectivity index (χ4v) is 3.82. The molecule has 110 valence electrons. The molecule has 2 aliphatic rings. The summed E-state index contributed by atoms with van der Waals surface area (Å²) in [5.41, 5.74) is 8.96. The minimum atomic E-state index is -0.379. The molecule has 0 bridgehead atoms. The first-order chi connectivity index (χ1) is 10.1. The van der Waals surface area contributed by atoms with Crippen LogP contribution in [-0.2, 0) is 11.3 Å². The molecule has 0 spiro atoms. The number of rotatable bonds is 1. The van der Waals surface area contributed by atoms with Gasteiger partial charge >= 0.3 is 5.97 Å². The highest BCUT2D eigenvalue weighted by Gasteiger charge is 2.41. The summed E-state index contributed by atoms with van der Waals surface area (Å²) in [4.78, 5) is 18.8. The van der Waals surface area contributed by atoms with Crippen molar-refractivity contribution in [3.63, 3.8) is 0 Å². The molecule has 0 aliphatic carbocycles. The third-order valence-electron chi connectivity index (χ3n) is 4.69. The number of imidazole rings is 1. The molecule has 0 saturated carbocycles. The van der Waals surface area contributed by atoms with Crippen LogP contribution in [0.25, 0.3) is 11.0 Å². The molecule has 3 heterocycles. The molecule has 2 aliphatic heterocycles. The second kappa shape index (κ2) is 4.21. The monoisotopic (exact) mass is 286 g/mol. The lowest BCUT2D eigenvalue weighted by atomic mass is 9.99. The summed E-state index contributed by atoms with van der Waals surface area (Å²) >= 11 is 0. The number of nitrogens with two attached hydrogens (primary N) is 1. The third kappa shape index (κ3) is 1.68. The lowest BCUT2D eigenvalue weighted by molar-refractivity contribution is 0.0601. The standard InChI is InChI=1S/C15H18N4O2/c1-18-5-9-6-19-13-11(16)3-8(15(20)21-2)4-12(13)17-14(19)10(9)7-18/h3-4,9-10H,5-7,16H2,1-2H3/t9-,10-/m1/s1. The molecule has 2 aromatic rings. The number of anilines is 1. The number of hydrogen-bond donors (Lipinski definition) is 1. The van der Waals surface area contributed by atoms with E-state index in [4.69, 9.17) is 15.5 Å². The Bertz CT molecular complexity index is 752. The average molecular weight is 286 g/mol. The van der Waals surface area contributed by atoms with Crippen LogP contribution in [0.3, 0.4) is 0 Å². The van der Waals surface area contributed by atoms with Crippen LogP contribution in [0.15, 0.2) is 12.1 Å². The fraction of sp³-hybridized carbons (Fsp3) is 0.467. The number of fused-ring (bicyclic) bond motifs is 5. The summed E-state index contributed by atoms with van der Waals surface area (Å²) in [7, 11) is 3.52. The Morgan fingerprint density at radius 1 is 1.38 bits per heavy atom. The van der Waals surface area contributed by atoms with E-state index in [1.807, 2.05) is 0 Å². The number of carbonyl (C=O) groups excluding carboxylic acids is 1. The predicted molar refractivity (Wildman–Crippen MR) is 79.2 cm³/mol. The van der Waals surface area contributed by atoms with Crippen LogP contribution >= 0.6 is 0 Å². The predicted octanol–water partition coefficient (Wildman–Crippen LogP) is 1.06. The van der Waals surface area contributed by atoms with Gasteiger partial charge in [-0.15, -0.1) is 0 Å². The normalized spacial score (nSPS) is 24.3. The average Bonchev–Trinajstić information content (AvgIpc) is 3.06. The van der Waals surface area contributed by atoms with E-state index in [2.05, 4.69) is 16.5 Å². The van der Waals surface area contributed by atoms with Gasteiger partial charge in [-0.3, -0.25) is 0 Å². The molecule has 2 atom stereocenters. The first kappa shape index (κ1) is 12.6. The van der Waals surface area contributed by atoms with Crippen molar-refractivity contribution < 1.29 is 9.53 Å². The van der Waals surface area contributed by atoms with Crippen molar-refractivity contribution in [3.05, 3.63) is 23.5 Å². The van der Waals surface area contributed by atoms with E-state index in [9.17, 15) is 4.79 Å². The summed E-state index contributed by atoms with van der Waals surface area (Å²) in [6, 6.07) is 3.46. The molecule has 1 aromatic heterocycles. The molecule has 6 nitrogen and oxygen atoms in total. The minimum absolute atomic E-state index is 0.379. The van der Waals surface area contributed by atoms with Gasteiger partial charge in [0, 0.05) is 31.5 Å². The van der Waals surface area contributed by atoms with Gasteiger partial charge in [0.25, 0.3) is 0 Å². The molecule has 0 amide bonds. The molecule has 2 N–H and O–H groups in total. The van der Waals surface area contributed by atoms with Gasteiger partial charge in [-0.05, 0) is 19.2 Å². The van der Waals surface area contributed by atoms with Crippen molar-refractivity contribution in [3.8, 4) is 0 Å². The Morgan fingerprint density at radius 3 is 2.95 bits per heavy atom. The van der Waals surface area contributed by atoms with Gasteiger partial charge in [0.2, 0.25) is 0 Å². The number of ether oxygens (including phenoxy) is 1. The Labute approximate surface area is 122 Å². The van der Waals surface area contributed by atoms with Crippen LogP contribution in [0.1, 0.15) is 22.1 Å². The largest absolute Gasteiger partial charge is 0.465 e. The molecule has 0 unspecified atom stereocenters. The summed E-state index contributed by atoms with van der Waals surface area (Å²) in [5, 5.41) is 0. The van der Waals surface area contributed by atoms with E-state index >= 15 is 0 Å². The second-order valence-electron chi connectivity index (χ2n) is 6.09. The van der Waals surface area contributed by atoms with Crippen molar-refractivity contribution in [2.75, 3.05) is 33.0 Å². The molecule has 21 heavy (non-hydrogen) atoms. The Balaban J connectivity index is 1.86. The van der Waals surface area contributed by atoms with E-state index in [0.29, 0.717) is 23.1 Å². The highest BCUT2D eigenvalue weighted by atomic mass is 16.5. The topological polar surface area (TPSA) is 73.4 Å². The van der Waals surface area contributed by atoms with Gasteiger partial charge < -0.3 is 19.9 Å². The number of esters is 1. The number of likely N-dealkylation sites (tertiary alicyclic amines) is 1. The first-order valence-electron chi connectivity index (χ1n) is 7.15. The number of aromatic nitrogens is 2. The highest BCUT2D eigenvalue weighted by Crippen LogP contribution is 2.41. The number of methoxy groups -OCH3 is 1. The molecule has 1 saturated heterocycles. The first-order valence-corrected chi connectivity index (χ1v) is 7.15. The number of hydrogen-bond acceptors (Lipinski definition) is 5. The van der Waals surface area contributed by atoms with Crippen molar-refractivity contribution >= 4 is 22.7 Å². The molecule has 0 radical (unpaired) electrons. The number of nitrogen functional groups attached to an aromatic ring is 1. The Kier molecular flexibility index (Phi) is 2.53. The van der Waals surface area contributed by atoms with E-state index in [0.717, 1.165) is 36.5 Å². The van der Waals surface area contributed by atoms with Gasteiger partial charge in [0.05, 0.1) is 29.4 Å². The number of nitrogens with zero attached hydrogens (tertiary/aromatic N) is 3. The lowest BCUT2D eigenvalue weighted by Crippen LogP contribution is -2.17. The van der Waals surface area contributed by atoms with Crippen LogP contribution in [0.5, 0.6) is 0 Å². The van der Waals surface area contributed by atoms with Crippen LogP contribution in [0, 0.1) is 5.92 Å². The van der Waals surface area contributed by atoms with E-state index in [-0.39, 0.29) is 5.97 Å². The summed E-state index contributed by atoms with van der Waals surface area (Å²) in [5.74, 6) is 1.83. The zero-order chi connectivity index (χ0) is 14.7. The van der Waals surface area contributed by atoms with Gasteiger partial charge in [-0.2, -0.15) is 0 Å². The smallest absolute Gasteiger partial charge is 0.338 e. The maximum Gasteiger partial charge on any atom is 0.338 e. The van der Waals surface area contributed by atoms with Crippen LogP contribution < -0.4 is 5.73 Å². The van der Waals surface area contributed by atoms with E-state index in [1.54, 1.807) is 12.1 Å². The zero-order valence-electron chi connectivity index (χ0n) is 12.2. The van der Waals surface area contributed by atoms with Gasteiger partial charge in [-0.25, -0.2) is 9.78 Å². The Hall–Kier alpha value is -2.08. The molecular weight excluding hydrogens is 268 g/mol. The van der Waals surface area contributed by atoms with Crippen molar-refractivity contribution in [2.24, 2.45) is 5.92 Å². The van der Waals surface area contributed by atoms with Crippen molar-refractivity contribution in [2.45, 2.75) is 12.5 Å². The van der Waals surface area contributed by atoms with Gasteiger partial charge in [0.1, 0.15) is 5.82 Å². The van der Waals surface area contributed by atoms with Crippen LogP contribution in [-0.4, -0.2) is 47.7 Å². The van der Waals surface area contributed by atoms with Gasteiger partial charge in [-0.1, -0.05) is 0 Å². The van der Waals surface area contributed by atoms with Crippen LogP contribution in [0.2, 0.25) is 0 Å². The maximum absolute atomic E-state index is 11.7. The van der Waals surface area contributed by atoms with Crippen molar-refractivity contribution in [1.82, 2.24) is 14.5 Å². The number of carbonyl (C=O) groups is 1. The van der Waals surface area contributed by atoms with E-state index < -0.39 is 0 Å². The summed E-state index contributed by atoms with van der Waals surface area (Å²) < 4.78 is 7.00. The van der Waals surface area contributed by atoms with Crippen LogP contribution in [0.4, 0.5) is 5.69 Å². The maximum atomic E-state index is 11.7. The summed E-state index contributed by atoms with van der Waals surface area (Å²) in [6.07, 6.45) is 0. The fourth-order valence-electron chi connectivity index (χ4n) is 3.82. The third-order valence-corrected chi connectivity index (χ3v) is 4.69. The van der Waals surface area contributed by atoms with E-state index in [1.165, 1.54) is 7.11 Å². The molecule has 4 rings (SSSR count). The Morgan fingerprint density at radius 2 is 2.19 bits per heavy atom. The number of benzene rings is 1. The molecule has 6 heteroatoms. The minimum Gasteiger partial charge on any atom is -0.465 e. The SMILES string of the molecule is COC(=O)c1cc(N)c2c(c1)nc1n2C[C@H]2CN(C)C[C@@H]12. The lowest BCUT2D eigenvalue weighted by Gasteiger charge is -2.10. The zero-order valence-corrected chi connectivity index (χ0v) is 12.2. The molecular formula is C15H18N4O2.